The van der Waals surface area contributed by atoms with E-state index in [1.54, 1.807) is 67.8 Å². The molecule has 0 aliphatic heterocycles. The number of methoxy groups -OCH3 is 2. The summed E-state index contributed by atoms with van der Waals surface area (Å²) in [7, 11) is 2.91. The number of pyridine rings is 1. The topological polar surface area (TPSA) is 84.7 Å². The van der Waals surface area contributed by atoms with Crippen molar-refractivity contribution in [2.24, 2.45) is 0 Å². The number of fused-ring (bicyclic) bond motifs is 1. The molecule has 0 radical (unpaired) electrons. The average Bonchev–Trinajstić information content (AvgIpc) is 3.35. The minimum atomic E-state index is -2.92. The molecule has 5 rings (SSSR count). The fraction of sp³-hybridized carbons (Fsp3) is 0.219. The van der Waals surface area contributed by atoms with Crippen LogP contribution in [0.15, 0.2) is 78.9 Å². The van der Waals surface area contributed by atoms with Crippen molar-refractivity contribution in [3.05, 3.63) is 107 Å². The van der Waals surface area contributed by atoms with Gasteiger partial charge < -0.3 is 23.5 Å². The summed E-state index contributed by atoms with van der Waals surface area (Å²) in [5.41, 5.74) is 3.90. The lowest BCUT2D eigenvalue weighted by atomic mass is 10.1. The summed E-state index contributed by atoms with van der Waals surface area (Å²) >= 11 is 0. The van der Waals surface area contributed by atoms with E-state index in [1.807, 2.05) is 4.57 Å². The highest BCUT2D eigenvalue weighted by molar-refractivity contribution is 5.93. The molecule has 0 unspecified atom stereocenters. The molecule has 0 aliphatic carbocycles. The first kappa shape index (κ1) is 29.6. The molecule has 0 amide bonds. The van der Waals surface area contributed by atoms with Crippen molar-refractivity contribution in [1.82, 2.24) is 14.5 Å². The first-order valence-electron chi connectivity index (χ1n) is 13.3. The van der Waals surface area contributed by atoms with Gasteiger partial charge in [0.2, 0.25) is 5.88 Å². The molecule has 0 saturated carbocycles. The zero-order chi connectivity index (χ0) is 30.3. The lowest BCUT2D eigenvalue weighted by Crippen LogP contribution is -2.10. The Balaban J connectivity index is 1.34. The van der Waals surface area contributed by atoms with E-state index in [2.05, 4.69) is 9.72 Å². The Kier molecular flexibility index (Phi) is 9.21. The van der Waals surface area contributed by atoms with Crippen LogP contribution in [0.2, 0.25) is 0 Å². The summed E-state index contributed by atoms with van der Waals surface area (Å²) < 4.78 is 62.7. The summed E-state index contributed by atoms with van der Waals surface area (Å²) in [6.07, 6.45) is 0.211. The van der Waals surface area contributed by atoms with Crippen LogP contribution in [0.25, 0.3) is 22.3 Å². The van der Waals surface area contributed by atoms with Crippen LogP contribution in [-0.2, 0) is 29.0 Å². The maximum Gasteiger partial charge on any atom is 0.387 e. The number of esters is 1. The van der Waals surface area contributed by atoms with Crippen LogP contribution in [0.3, 0.4) is 0 Å². The molecular formula is C32H28F3N3O5. The molecule has 11 heteroatoms. The maximum atomic E-state index is 15.4. The van der Waals surface area contributed by atoms with E-state index < -0.39 is 18.4 Å². The van der Waals surface area contributed by atoms with Crippen LogP contribution in [0, 0.1) is 5.82 Å². The number of nitrogens with zero attached hydrogens (tertiary/aromatic N) is 3. The van der Waals surface area contributed by atoms with Gasteiger partial charge in [0.1, 0.15) is 24.0 Å². The number of benzene rings is 3. The van der Waals surface area contributed by atoms with Gasteiger partial charge in [0.05, 0.1) is 36.0 Å². The molecule has 3 aromatic carbocycles. The van der Waals surface area contributed by atoms with E-state index in [9.17, 15) is 13.6 Å². The Morgan fingerprint density at radius 3 is 2.56 bits per heavy atom. The van der Waals surface area contributed by atoms with Gasteiger partial charge in [-0.05, 0) is 53.6 Å². The predicted octanol–water partition coefficient (Wildman–Crippen LogP) is 6.44. The van der Waals surface area contributed by atoms with Crippen molar-refractivity contribution in [3.63, 3.8) is 0 Å². The molecule has 0 spiro atoms. The molecular weight excluding hydrogens is 563 g/mol. The van der Waals surface area contributed by atoms with Gasteiger partial charge in [0.15, 0.2) is 0 Å². The van der Waals surface area contributed by atoms with Crippen molar-refractivity contribution < 1.29 is 36.9 Å². The van der Waals surface area contributed by atoms with Crippen molar-refractivity contribution in [2.45, 2.75) is 26.2 Å². The smallest absolute Gasteiger partial charge is 0.387 e. The molecule has 222 valence electrons. The molecule has 0 saturated heterocycles. The van der Waals surface area contributed by atoms with Crippen LogP contribution in [-0.4, -0.2) is 47.9 Å². The van der Waals surface area contributed by atoms with Crippen LogP contribution >= 0.6 is 0 Å². The number of hydrogen-bond donors (Lipinski definition) is 0. The number of carbonyl (C=O) groups is 1. The number of carbonyl (C=O) groups excluding carboxylic acids is 1. The SMILES string of the molecule is COCCn1c(Cc2ccc(-c3cccc(OCc4cccc(OC(F)F)c4)n3)cc2F)nc2ccc(C(=O)OC)cc21. The van der Waals surface area contributed by atoms with Crippen LogP contribution in [0.1, 0.15) is 27.3 Å². The van der Waals surface area contributed by atoms with Crippen molar-refractivity contribution >= 4 is 17.0 Å². The molecule has 2 heterocycles. The first-order valence-corrected chi connectivity index (χ1v) is 13.3. The molecule has 8 nitrogen and oxygen atoms in total. The molecule has 0 N–H and O–H groups in total. The quantitative estimate of drug-likeness (QED) is 0.154. The van der Waals surface area contributed by atoms with Crippen molar-refractivity contribution in [1.29, 1.82) is 0 Å². The normalized spacial score (nSPS) is 11.2. The highest BCUT2D eigenvalue weighted by atomic mass is 19.3. The Hall–Kier alpha value is -4.90. The molecule has 2 aromatic heterocycles. The number of rotatable bonds is 12. The molecule has 5 aromatic rings. The van der Waals surface area contributed by atoms with E-state index in [4.69, 9.17) is 19.2 Å². The van der Waals surface area contributed by atoms with Crippen molar-refractivity contribution in [3.8, 4) is 22.9 Å². The predicted molar refractivity (Wildman–Crippen MR) is 153 cm³/mol. The zero-order valence-corrected chi connectivity index (χ0v) is 23.4. The van der Waals surface area contributed by atoms with Gasteiger partial charge in [-0.1, -0.05) is 30.3 Å². The second-order valence-corrected chi connectivity index (χ2v) is 9.53. The molecule has 0 aliphatic rings. The Morgan fingerprint density at radius 2 is 1.79 bits per heavy atom. The number of alkyl halides is 2. The number of aromatic nitrogens is 3. The fourth-order valence-electron chi connectivity index (χ4n) is 4.63. The largest absolute Gasteiger partial charge is 0.473 e. The van der Waals surface area contributed by atoms with E-state index in [0.29, 0.717) is 58.3 Å². The van der Waals surface area contributed by atoms with Gasteiger partial charge in [0, 0.05) is 31.7 Å². The summed E-state index contributed by atoms with van der Waals surface area (Å²) in [4.78, 5) is 21.3. The van der Waals surface area contributed by atoms with Gasteiger partial charge in [-0.15, -0.1) is 0 Å². The third-order valence-electron chi connectivity index (χ3n) is 6.70. The van der Waals surface area contributed by atoms with Gasteiger partial charge in [-0.25, -0.2) is 19.2 Å². The second-order valence-electron chi connectivity index (χ2n) is 9.53. The maximum absolute atomic E-state index is 15.4. The van der Waals surface area contributed by atoms with Gasteiger partial charge in [0.25, 0.3) is 0 Å². The van der Waals surface area contributed by atoms with Gasteiger partial charge >= 0.3 is 12.6 Å². The monoisotopic (exact) mass is 591 g/mol. The van der Waals surface area contributed by atoms with E-state index in [-0.39, 0.29) is 18.8 Å². The summed E-state index contributed by atoms with van der Waals surface area (Å²) in [5.74, 6) is 0.0644. The summed E-state index contributed by atoms with van der Waals surface area (Å²) in [6, 6.07) is 21.3. The van der Waals surface area contributed by atoms with Gasteiger partial charge in [-0.2, -0.15) is 8.78 Å². The number of hydrogen-bond acceptors (Lipinski definition) is 7. The Bertz CT molecular complexity index is 1740. The van der Waals surface area contributed by atoms with Crippen LogP contribution in [0.5, 0.6) is 11.6 Å². The van der Waals surface area contributed by atoms with Crippen molar-refractivity contribution in [2.75, 3.05) is 20.8 Å². The summed E-state index contributed by atoms with van der Waals surface area (Å²) in [5, 5.41) is 0. The number of imidazole rings is 1. The van der Waals surface area contributed by atoms with Crippen LogP contribution in [0.4, 0.5) is 13.2 Å². The number of halogens is 3. The average molecular weight is 592 g/mol. The third kappa shape index (κ3) is 7.12. The first-order chi connectivity index (χ1) is 20.8. The molecule has 0 fully saturated rings. The standard InChI is InChI=1S/C32H28F3N3O5/c1-40-14-13-38-28-17-23(31(39)41-2)11-12-27(28)36-29(38)18-21-9-10-22(16-25(21)33)26-7-4-8-30(37-26)42-19-20-5-3-6-24(15-20)43-32(34)35/h3-12,15-17,32H,13-14,18-19H2,1-2H3. The van der Waals surface area contributed by atoms with Crippen LogP contribution < -0.4 is 9.47 Å². The molecule has 0 atom stereocenters. The fourth-order valence-corrected chi connectivity index (χ4v) is 4.63. The lowest BCUT2D eigenvalue weighted by Gasteiger charge is -2.11. The Labute approximate surface area is 245 Å². The third-order valence-corrected chi connectivity index (χ3v) is 6.70. The minimum Gasteiger partial charge on any atom is -0.473 e. The Morgan fingerprint density at radius 1 is 0.953 bits per heavy atom. The van der Waals surface area contributed by atoms with Gasteiger partial charge in [-0.3, -0.25) is 0 Å². The van der Waals surface area contributed by atoms with E-state index >= 15 is 4.39 Å². The summed E-state index contributed by atoms with van der Waals surface area (Å²) in [6.45, 7) is -1.97. The van der Waals surface area contributed by atoms with E-state index in [0.717, 1.165) is 5.52 Å². The number of ether oxygens (including phenoxy) is 4. The lowest BCUT2D eigenvalue weighted by molar-refractivity contribution is -0.0499. The minimum absolute atomic E-state index is 0.0357. The zero-order valence-electron chi connectivity index (χ0n) is 23.4. The second kappa shape index (κ2) is 13.4. The molecule has 0 bridgehead atoms. The molecule has 43 heavy (non-hydrogen) atoms. The highest BCUT2D eigenvalue weighted by Gasteiger charge is 2.17. The van der Waals surface area contributed by atoms with E-state index in [1.165, 1.54) is 25.3 Å². The highest BCUT2D eigenvalue weighted by Crippen LogP contribution is 2.26.